The van der Waals surface area contributed by atoms with E-state index in [-0.39, 0.29) is 16.6 Å². The van der Waals surface area contributed by atoms with Crippen LogP contribution in [0.25, 0.3) is 0 Å². The molecule has 5 nitrogen and oxygen atoms in total. The summed E-state index contributed by atoms with van der Waals surface area (Å²) < 4.78 is 1.00. The third kappa shape index (κ3) is 4.57. The first kappa shape index (κ1) is 15.5. The molecule has 0 aliphatic rings. The number of aliphatic imine (C=N–C) groups is 1. The number of H-pyrrole nitrogens is 1. The van der Waals surface area contributed by atoms with Crippen molar-refractivity contribution in [1.29, 1.82) is 0 Å². The quantitative estimate of drug-likeness (QED) is 0.634. The first-order valence-electron chi connectivity index (χ1n) is 6.14. The Kier molecular flexibility index (Phi) is 4.98. The van der Waals surface area contributed by atoms with Crippen LogP contribution in [0.3, 0.4) is 0 Å². The molecule has 0 amide bonds. The Morgan fingerprint density at radius 2 is 2.05 bits per heavy atom. The van der Waals surface area contributed by atoms with E-state index in [4.69, 9.17) is 12.2 Å². The van der Waals surface area contributed by atoms with Gasteiger partial charge in [-0.25, -0.2) is 9.98 Å². The summed E-state index contributed by atoms with van der Waals surface area (Å²) in [7, 11) is 0. The Morgan fingerprint density at radius 3 is 2.67 bits per heavy atom. The molecule has 1 aromatic carbocycles. The van der Waals surface area contributed by atoms with Crippen molar-refractivity contribution < 1.29 is 0 Å². The highest BCUT2D eigenvalue weighted by Crippen LogP contribution is 2.11. The fraction of sp³-hybridized carbons (Fsp3) is 0.143. The summed E-state index contributed by atoms with van der Waals surface area (Å²) in [6.45, 7) is 3.60. The number of aromatic nitrogens is 2. The lowest BCUT2D eigenvalue weighted by molar-refractivity contribution is 1.08. The molecule has 1 aromatic heterocycles. The van der Waals surface area contributed by atoms with E-state index in [1.54, 1.807) is 6.92 Å². The van der Waals surface area contributed by atoms with E-state index in [0.717, 1.165) is 15.7 Å². The number of halogens is 1. The van der Waals surface area contributed by atoms with Crippen LogP contribution in [0.4, 0.5) is 5.95 Å². The minimum absolute atomic E-state index is 0.235. The standard InChI is InChI=1S/C14H13BrN4OS/c1-8-7-12(20)18-13(16-8)19-14(21)17-9(2)10-3-5-11(15)6-4-10/h3-7H,1-2H3,(H2,16,18,19,20,21). The molecule has 0 radical (unpaired) electrons. The molecular weight excluding hydrogens is 352 g/mol. The van der Waals surface area contributed by atoms with Gasteiger partial charge < -0.3 is 5.32 Å². The first-order chi connectivity index (χ1) is 9.94. The van der Waals surface area contributed by atoms with Crippen LogP contribution < -0.4 is 10.9 Å². The number of aryl methyl sites for hydroxylation is 1. The van der Waals surface area contributed by atoms with Crippen LogP contribution in [0, 0.1) is 6.92 Å². The highest BCUT2D eigenvalue weighted by atomic mass is 79.9. The molecule has 0 aliphatic carbocycles. The van der Waals surface area contributed by atoms with E-state index in [2.05, 4.69) is 36.2 Å². The summed E-state index contributed by atoms with van der Waals surface area (Å²) in [5.74, 6) is 0.289. The third-order valence-electron chi connectivity index (χ3n) is 2.63. The molecule has 108 valence electrons. The molecule has 1 heterocycles. The number of thiocarbonyl (C=S) groups is 1. The maximum Gasteiger partial charge on any atom is 0.252 e. The highest BCUT2D eigenvalue weighted by molar-refractivity contribution is 9.10. The number of anilines is 1. The van der Waals surface area contributed by atoms with Crippen molar-refractivity contribution in [1.82, 2.24) is 9.97 Å². The van der Waals surface area contributed by atoms with Gasteiger partial charge in [0.1, 0.15) is 0 Å². The number of aromatic amines is 1. The van der Waals surface area contributed by atoms with E-state index in [1.165, 1.54) is 6.07 Å². The van der Waals surface area contributed by atoms with Gasteiger partial charge in [0, 0.05) is 21.9 Å². The number of hydrogen-bond acceptors (Lipinski definition) is 3. The van der Waals surface area contributed by atoms with Gasteiger partial charge in [-0.2, -0.15) is 0 Å². The second-order valence-corrected chi connectivity index (χ2v) is 5.67. The molecule has 2 aromatic rings. The van der Waals surface area contributed by atoms with Gasteiger partial charge in [-0.1, -0.05) is 28.1 Å². The average molecular weight is 365 g/mol. The SMILES string of the molecule is CC(=NC(=S)Nc1nc(C)cc(=O)[nH]1)c1ccc(Br)cc1. The van der Waals surface area contributed by atoms with Gasteiger partial charge in [0.05, 0.1) is 0 Å². The molecule has 0 spiro atoms. The van der Waals surface area contributed by atoms with Crippen molar-refractivity contribution in [3.05, 3.63) is 56.4 Å². The molecule has 2 N–H and O–H groups in total. The van der Waals surface area contributed by atoms with Gasteiger partial charge in [-0.05, 0) is 43.8 Å². The molecule has 7 heteroatoms. The van der Waals surface area contributed by atoms with Gasteiger partial charge in [0.15, 0.2) is 5.11 Å². The molecule has 0 bridgehead atoms. The minimum atomic E-state index is -0.235. The number of benzene rings is 1. The lowest BCUT2D eigenvalue weighted by atomic mass is 10.1. The van der Waals surface area contributed by atoms with Gasteiger partial charge in [0.25, 0.3) is 5.56 Å². The monoisotopic (exact) mass is 364 g/mol. The molecule has 0 fully saturated rings. The highest BCUT2D eigenvalue weighted by Gasteiger charge is 2.02. The second-order valence-electron chi connectivity index (χ2n) is 4.37. The van der Waals surface area contributed by atoms with E-state index in [9.17, 15) is 4.79 Å². The Hall–Kier alpha value is -1.86. The number of hydrogen-bond donors (Lipinski definition) is 2. The van der Waals surface area contributed by atoms with Crippen LogP contribution in [-0.4, -0.2) is 20.8 Å². The zero-order valence-electron chi connectivity index (χ0n) is 11.5. The fourth-order valence-corrected chi connectivity index (χ4v) is 2.17. The number of rotatable bonds is 2. The summed E-state index contributed by atoms with van der Waals surface area (Å²) in [5, 5.41) is 3.04. The van der Waals surface area contributed by atoms with E-state index < -0.39 is 0 Å². The van der Waals surface area contributed by atoms with Crippen molar-refractivity contribution in [2.75, 3.05) is 5.32 Å². The molecule has 0 unspecified atom stereocenters. The van der Waals surface area contributed by atoms with Crippen LogP contribution in [0.5, 0.6) is 0 Å². The van der Waals surface area contributed by atoms with E-state index >= 15 is 0 Å². The van der Waals surface area contributed by atoms with Crippen molar-refractivity contribution in [2.24, 2.45) is 4.99 Å². The maximum atomic E-state index is 11.3. The fourth-order valence-electron chi connectivity index (χ4n) is 1.68. The van der Waals surface area contributed by atoms with Gasteiger partial charge in [0.2, 0.25) is 5.95 Å². The van der Waals surface area contributed by atoms with Crippen molar-refractivity contribution in [3.8, 4) is 0 Å². The van der Waals surface area contributed by atoms with Crippen LogP contribution >= 0.6 is 28.1 Å². The Morgan fingerprint density at radius 1 is 1.38 bits per heavy atom. The van der Waals surface area contributed by atoms with Gasteiger partial charge >= 0.3 is 0 Å². The van der Waals surface area contributed by atoms with E-state index in [0.29, 0.717) is 5.69 Å². The zero-order chi connectivity index (χ0) is 15.4. The lowest BCUT2D eigenvalue weighted by Crippen LogP contribution is -2.16. The Balaban J connectivity index is 2.14. The Labute approximate surface area is 135 Å². The Bertz CT molecular complexity index is 752. The van der Waals surface area contributed by atoms with E-state index in [1.807, 2.05) is 31.2 Å². The largest absolute Gasteiger partial charge is 0.301 e. The summed E-state index contributed by atoms with van der Waals surface area (Å²) in [4.78, 5) is 22.3. The summed E-state index contributed by atoms with van der Waals surface area (Å²) >= 11 is 8.54. The molecule has 0 saturated carbocycles. The zero-order valence-corrected chi connectivity index (χ0v) is 13.9. The molecule has 2 rings (SSSR count). The normalized spacial score (nSPS) is 11.3. The molecular formula is C14H13BrN4OS. The van der Waals surface area contributed by atoms with Crippen LogP contribution in [-0.2, 0) is 0 Å². The average Bonchev–Trinajstić information content (AvgIpc) is 2.37. The van der Waals surface area contributed by atoms with Crippen LogP contribution in [0.1, 0.15) is 18.2 Å². The summed E-state index contributed by atoms with van der Waals surface area (Å²) in [5.41, 5.74) is 2.11. The van der Waals surface area contributed by atoms with Crippen molar-refractivity contribution in [3.63, 3.8) is 0 Å². The summed E-state index contributed by atoms with van der Waals surface area (Å²) in [6, 6.07) is 9.16. The summed E-state index contributed by atoms with van der Waals surface area (Å²) in [6.07, 6.45) is 0. The third-order valence-corrected chi connectivity index (χ3v) is 3.35. The minimum Gasteiger partial charge on any atom is -0.301 e. The molecule has 21 heavy (non-hydrogen) atoms. The topological polar surface area (TPSA) is 70.1 Å². The molecule has 0 aliphatic heterocycles. The smallest absolute Gasteiger partial charge is 0.252 e. The van der Waals surface area contributed by atoms with Gasteiger partial charge in [-0.3, -0.25) is 9.78 Å². The number of nitrogens with zero attached hydrogens (tertiary/aromatic N) is 2. The second kappa shape index (κ2) is 6.73. The van der Waals surface area contributed by atoms with Crippen LogP contribution in [0.15, 0.2) is 44.6 Å². The molecule has 0 saturated heterocycles. The maximum absolute atomic E-state index is 11.3. The number of nitrogens with one attached hydrogen (secondary N) is 2. The predicted octanol–water partition coefficient (Wildman–Crippen LogP) is 3.05. The predicted molar refractivity (Wildman–Crippen MR) is 92.2 cm³/mol. The van der Waals surface area contributed by atoms with Crippen molar-refractivity contribution >= 4 is 44.9 Å². The lowest BCUT2D eigenvalue weighted by Gasteiger charge is -2.05. The molecule has 0 atom stereocenters. The van der Waals surface area contributed by atoms with Gasteiger partial charge in [-0.15, -0.1) is 0 Å². The first-order valence-corrected chi connectivity index (χ1v) is 7.34. The van der Waals surface area contributed by atoms with Crippen molar-refractivity contribution in [2.45, 2.75) is 13.8 Å². The van der Waals surface area contributed by atoms with Crippen LogP contribution in [0.2, 0.25) is 0 Å².